The van der Waals surface area contributed by atoms with E-state index in [2.05, 4.69) is 6.92 Å². The summed E-state index contributed by atoms with van der Waals surface area (Å²) in [7, 11) is -0.663. The molecule has 0 radical (unpaired) electrons. The highest BCUT2D eigenvalue weighted by Gasteiger charge is 1.94. The van der Waals surface area contributed by atoms with Gasteiger partial charge < -0.3 is 14.6 Å². The van der Waals surface area contributed by atoms with E-state index < -0.39 is 10.0 Å². The van der Waals surface area contributed by atoms with E-state index in [1.807, 2.05) is 6.92 Å². The van der Waals surface area contributed by atoms with Crippen molar-refractivity contribution in [3.8, 4) is 0 Å². The molecule has 1 unspecified atom stereocenters. The van der Waals surface area contributed by atoms with Gasteiger partial charge in [0.2, 0.25) is 0 Å². The Morgan fingerprint density at radius 3 is 2.62 bits per heavy atom. The van der Waals surface area contributed by atoms with Crippen LogP contribution in [0.4, 0.5) is 0 Å². The van der Waals surface area contributed by atoms with E-state index in [0.29, 0.717) is 6.04 Å². The third kappa shape index (κ3) is 12.1. The third-order valence-electron chi connectivity index (χ3n) is 1.82. The second-order valence-electron chi connectivity index (χ2n) is 3.35. The summed E-state index contributed by atoms with van der Waals surface area (Å²) < 4.78 is 10.5. The van der Waals surface area contributed by atoms with Crippen LogP contribution in [-0.4, -0.2) is 29.3 Å². The van der Waals surface area contributed by atoms with Crippen molar-refractivity contribution in [3.05, 3.63) is 0 Å². The summed E-state index contributed by atoms with van der Waals surface area (Å²) in [6.07, 6.45) is 4.72. The second-order valence-corrected chi connectivity index (χ2v) is 4.40. The maximum absolute atomic E-state index is 5.63. The maximum Gasteiger partial charge on any atom is 0.304 e. The van der Waals surface area contributed by atoms with Crippen molar-refractivity contribution in [1.82, 2.24) is 0 Å². The Morgan fingerprint density at radius 2 is 2.00 bits per heavy atom. The van der Waals surface area contributed by atoms with Crippen LogP contribution in [0.1, 0.15) is 39.5 Å². The third-order valence-corrected chi connectivity index (χ3v) is 2.85. The van der Waals surface area contributed by atoms with Crippen molar-refractivity contribution in [3.63, 3.8) is 0 Å². The van der Waals surface area contributed by atoms with Gasteiger partial charge >= 0.3 is 10.0 Å². The molecule has 0 fully saturated rings. The molecule has 0 aliphatic heterocycles. The van der Waals surface area contributed by atoms with Gasteiger partial charge in [0, 0.05) is 19.3 Å². The fourth-order valence-corrected chi connectivity index (χ4v) is 1.65. The van der Waals surface area contributed by atoms with Crippen LogP contribution in [0.25, 0.3) is 0 Å². The molecule has 0 bridgehead atoms. The molecule has 0 heterocycles. The molecule has 0 aromatic carbocycles. The first-order valence-electron chi connectivity index (χ1n) is 5.18. The Bertz CT molecular complexity index is 102. The molecule has 0 aromatic rings. The SMILES string of the molecule is CCO[SiH2]OCCCCCC(C)N. The van der Waals surface area contributed by atoms with Crippen molar-refractivity contribution in [2.24, 2.45) is 5.73 Å². The molecule has 80 valence electrons. The summed E-state index contributed by atoms with van der Waals surface area (Å²) in [5.74, 6) is 0. The lowest BCUT2D eigenvalue weighted by atomic mass is 10.1. The van der Waals surface area contributed by atoms with Gasteiger partial charge in [0.1, 0.15) is 0 Å². The topological polar surface area (TPSA) is 44.5 Å². The molecular formula is C9H23NO2Si. The van der Waals surface area contributed by atoms with Crippen LogP contribution in [0.5, 0.6) is 0 Å². The zero-order valence-corrected chi connectivity index (χ0v) is 10.3. The average molecular weight is 205 g/mol. The van der Waals surface area contributed by atoms with Gasteiger partial charge in [-0.1, -0.05) is 12.8 Å². The Morgan fingerprint density at radius 1 is 1.23 bits per heavy atom. The van der Waals surface area contributed by atoms with Gasteiger partial charge in [0.05, 0.1) is 0 Å². The number of rotatable bonds is 9. The maximum atomic E-state index is 5.63. The molecule has 0 spiro atoms. The van der Waals surface area contributed by atoms with Crippen molar-refractivity contribution in [1.29, 1.82) is 0 Å². The zero-order valence-electron chi connectivity index (χ0n) is 8.92. The van der Waals surface area contributed by atoms with Crippen LogP contribution in [0.2, 0.25) is 0 Å². The van der Waals surface area contributed by atoms with Crippen LogP contribution in [-0.2, 0) is 8.85 Å². The average Bonchev–Trinajstić information content (AvgIpc) is 2.09. The molecule has 0 aliphatic rings. The Hall–Kier alpha value is 0.0969. The number of hydrogen-bond donors (Lipinski definition) is 1. The highest BCUT2D eigenvalue weighted by Crippen LogP contribution is 2.01. The van der Waals surface area contributed by atoms with Crippen LogP contribution >= 0.6 is 0 Å². The molecule has 13 heavy (non-hydrogen) atoms. The van der Waals surface area contributed by atoms with Crippen LogP contribution in [0.15, 0.2) is 0 Å². The minimum Gasteiger partial charge on any atom is -0.399 e. The summed E-state index contributed by atoms with van der Waals surface area (Å²) >= 11 is 0. The Kier molecular flexibility index (Phi) is 10.3. The highest BCUT2D eigenvalue weighted by molar-refractivity contribution is 6.17. The van der Waals surface area contributed by atoms with E-state index in [0.717, 1.165) is 26.1 Å². The quantitative estimate of drug-likeness (QED) is 0.450. The van der Waals surface area contributed by atoms with E-state index in [9.17, 15) is 0 Å². The lowest BCUT2D eigenvalue weighted by molar-refractivity contribution is 0.225. The predicted molar refractivity (Wildman–Crippen MR) is 58.2 cm³/mol. The summed E-state index contributed by atoms with van der Waals surface area (Å²) in [5, 5.41) is 0. The van der Waals surface area contributed by atoms with Crippen molar-refractivity contribution in [2.75, 3.05) is 13.2 Å². The summed E-state index contributed by atoms with van der Waals surface area (Å²) in [6.45, 7) is 5.71. The summed E-state index contributed by atoms with van der Waals surface area (Å²) in [5.41, 5.74) is 5.63. The van der Waals surface area contributed by atoms with Crippen molar-refractivity contribution in [2.45, 2.75) is 45.6 Å². The predicted octanol–water partition coefficient (Wildman–Crippen LogP) is 0.946. The molecule has 0 aliphatic carbocycles. The van der Waals surface area contributed by atoms with Crippen LogP contribution < -0.4 is 5.73 Å². The molecule has 0 saturated heterocycles. The number of nitrogens with two attached hydrogens (primary N) is 1. The normalized spacial score (nSPS) is 14.1. The van der Waals surface area contributed by atoms with E-state index in [1.54, 1.807) is 0 Å². The summed E-state index contributed by atoms with van der Waals surface area (Å²) in [4.78, 5) is 0. The fourth-order valence-electron chi connectivity index (χ4n) is 1.05. The molecule has 0 amide bonds. The summed E-state index contributed by atoms with van der Waals surface area (Å²) in [6, 6.07) is 0.346. The lowest BCUT2D eigenvalue weighted by Gasteiger charge is -2.05. The van der Waals surface area contributed by atoms with Crippen LogP contribution in [0.3, 0.4) is 0 Å². The van der Waals surface area contributed by atoms with Crippen LogP contribution in [0, 0.1) is 0 Å². The molecule has 3 nitrogen and oxygen atoms in total. The molecule has 0 rings (SSSR count). The van der Waals surface area contributed by atoms with E-state index >= 15 is 0 Å². The molecule has 2 N–H and O–H groups in total. The largest absolute Gasteiger partial charge is 0.399 e. The molecular weight excluding hydrogens is 182 g/mol. The van der Waals surface area contributed by atoms with E-state index in [4.69, 9.17) is 14.6 Å². The van der Waals surface area contributed by atoms with Crippen molar-refractivity contribution < 1.29 is 8.85 Å². The van der Waals surface area contributed by atoms with Gasteiger partial charge in [-0.05, 0) is 26.7 Å². The van der Waals surface area contributed by atoms with Gasteiger partial charge in [-0.25, -0.2) is 0 Å². The van der Waals surface area contributed by atoms with Gasteiger partial charge in [0.25, 0.3) is 0 Å². The first-order chi connectivity index (χ1) is 6.27. The Labute approximate surface area is 84.0 Å². The zero-order chi connectivity index (χ0) is 9.94. The lowest BCUT2D eigenvalue weighted by Crippen LogP contribution is -2.14. The van der Waals surface area contributed by atoms with E-state index in [1.165, 1.54) is 12.8 Å². The standard InChI is InChI=1S/C9H23NO2Si/c1-3-11-13-12-8-6-4-5-7-9(2)10/h9H,3-8,10,13H2,1-2H3. The second kappa shape index (κ2) is 10.2. The van der Waals surface area contributed by atoms with Gasteiger partial charge in [-0.15, -0.1) is 0 Å². The minimum absolute atomic E-state index is 0.346. The minimum atomic E-state index is -0.663. The monoisotopic (exact) mass is 205 g/mol. The van der Waals surface area contributed by atoms with Gasteiger partial charge in [0.15, 0.2) is 0 Å². The Balaban J connectivity index is 2.84. The van der Waals surface area contributed by atoms with E-state index in [-0.39, 0.29) is 0 Å². The van der Waals surface area contributed by atoms with Crippen molar-refractivity contribution >= 4 is 10.0 Å². The highest BCUT2D eigenvalue weighted by atomic mass is 28.3. The molecule has 1 atom stereocenters. The van der Waals surface area contributed by atoms with Gasteiger partial charge in [-0.2, -0.15) is 0 Å². The number of hydrogen-bond acceptors (Lipinski definition) is 3. The first kappa shape index (κ1) is 13.1. The molecule has 0 saturated carbocycles. The van der Waals surface area contributed by atoms with Gasteiger partial charge in [-0.3, -0.25) is 0 Å². The molecule has 0 aromatic heterocycles. The molecule has 4 heteroatoms. The first-order valence-corrected chi connectivity index (χ1v) is 6.34. The fraction of sp³-hybridized carbons (Fsp3) is 1.00. The smallest absolute Gasteiger partial charge is 0.304 e. The number of unbranched alkanes of at least 4 members (excludes halogenated alkanes) is 2.